The topological polar surface area (TPSA) is 6.48 Å². The van der Waals surface area contributed by atoms with E-state index in [1.54, 1.807) is 0 Å². The van der Waals surface area contributed by atoms with Gasteiger partial charge in [-0.15, -0.1) is 0 Å². The summed E-state index contributed by atoms with van der Waals surface area (Å²) in [5.74, 6) is 0. The van der Waals surface area contributed by atoms with Gasteiger partial charge in [-0.2, -0.15) is 0 Å². The van der Waals surface area contributed by atoms with E-state index in [1.807, 2.05) is 0 Å². The van der Waals surface area contributed by atoms with Crippen molar-refractivity contribution in [2.24, 2.45) is 0 Å². The summed E-state index contributed by atoms with van der Waals surface area (Å²) < 4.78 is 0. The Labute approximate surface area is 56.8 Å². The van der Waals surface area contributed by atoms with Crippen molar-refractivity contribution in [2.75, 3.05) is 13.1 Å². The van der Waals surface area contributed by atoms with Crippen LogP contribution in [0.3, 0.4) is 0 Å². The second kappa shape index (κ2) is 2.76. The van der Waals surface area contributed by atoms with Crippen molar-refractivity contribution < 1.29 is 0 Å². The van der Waals surface area contributed by atoms with Crippen LogP contribution in [0.1, 0.15) is 13.8 Å². The molecular formula is C7H13N2. The summed E-state index contributed by atoms with van der Waals surface area (Å²) in [5.41, 5.74) is 0. The number of nitrogens with zero attached hydrogens (tertiary/aromatic N) is 2. The zero-order valence-electron chi connectivity index (χ0n) is 6.04. The third-order valence-electron chi connectivity index (χ3n) is 1.48. The summed E-state index contributed by atoms with van der Waals surface area (Å²) in [6.07, 6.45) is 4.17. The van der Waals surface area contributed by atoms with Crippen LogP contribution in [-0.4, -0.2) is 22.9 Å². The van der Waals surface area contributed by atoms with E-state index in [-0.39, 0.29) is 0 Å². The van der Waals surface area contributed by atoms with Gasteiger partial charge in [0.2, 0.25) is 0 Å². The van der Waals surface area contributed by atoms with Gasteiger partial charge in [-0.1, -0.05) is 0 Å². The lowest BCUT2D eigenvalue weighted by atomic mass is 10.6. The average Bonchev–Trinajstić information content (AvgIpc) is 2.34. The minimum Gasteiger partial charge on any atom is -0.353 e. The molecule has 0 N–H and O–H groups in total. The second-order valence-electron chi connectivity index (χ2n) is 2.07. The fourth-order valence-corrected chi connectivity index (χ4v) is 0.813. The lowest BCUT2D eigenvalue weighted by molar-refractivity contribution is 0.365. The normalized spacial score (nSPS) is 17.6. The Morgan fingerprint density at radius 1 is 1.00 bits per heavy atom. The average molecular weight is 125 g/mol. The van der Waals surface area contributed by atoms with Crippen LogP contribution in [-0.2, 0) is 0 Å². The molecule has 1 radical (unpaired) electrons. The molecular weight excluding hydrogens is 112 g/mol. The van der Waals surface area contributed by atoms with Crippen molar-refractivity contribution in [3.8, 4) is 0 Å². The van der Waals surface area contributed by atoms with Crippen LogP contribution < -0.4 is 0 Å². The molecule has 0 atom stereocenters. The summed E-state index contributed by atoms with van der Waals surface area (Å²) in [7, 11) is 0. The Bertz CT molecular complexity index is 97.5. The third-order valence-corrected chi connectivity index (χ3v) is 1.48. The first kappa shape index (κ1) is 6.46. The molecule has 1 aliphatic rings. The van der Waals surface area contributed by atoms with Gasteiger partial charge in [0.25, 0.3) is 0 Å². The summed E-state index contributed by atoms with van der Waals surface area (Å²) in [6, 6.07) is 0. The van der Waals surface area contributed by atoms with Crippen molar-refractivity contribution in [3.63, 3.8) is 0 Å². The minimum atomic E-state index is 1.06. The first-order valence-electron chi connectivity index (χ1n) is 3.41. The Hall–Kier alpha value is -0.660. The van der Waals surface area contributed by atoms with Gasteiger partial charge in [0.05, 0.1) is 0 Å². The first-order chi connectivity index (χ1) is 4.36. The minimum absolute atomic E-state index is 1.06. The van der Waals surface area contributed by atoms with Crippen LogP contribution in [0.2, 0.25) is 0 Å². The molecule has 1 aliphatic heterocycles. The highest BCUT2D eigenvalue weighted by Crippen LogP contribution is 2.08. The van der Waals surface area contributed by atoms with Gasteiger partial charge in [-0.3, -0.25) is 0 Å². The number of hydrogen-bond donors (Lipinski definition) is 0. The van der Waals surface area contributed by atoms with Gasteiger partial charge in [0.1, 0.15) is 6.67 Å². The lowest BCUT2D eigenvalue weighted by Gasteiger charge is -2.16. The van der Waals surface area contributed by atoms with Gasteiger partial charge in [0.15, 0.2) is 0 Å². The smallest absolute Gasteiger partial charge is 0.141 e. The van der Waals surface area contributed by atoms with Crippen molar-refractivity contribution >= 4 is 0 Å². The molecule has 51 valence electrons. The second-order valence-corrected chi connectivity index (χ2v) is 2.07. The van der Waals surface area contributed by atoms with E-state index in [2.05, 4.69) is 42.7 Å². The van der Waals surface area contributed by atoms with Gasteiger partial charge in [-0.25, -0.2) is 0 Å². The molecule has 0 spiro atoms. The van der Waals surface area contributed by atoms with E-state index in [4.69, 9.17) is 0 Å². The molecule has 2 heteroatoms. The quantitative estimate of drug-likeness (QED) is 0.547. The monoisotopic (exact) mass is 125 g/mol. The fourth-order valence-electron chi connectivity index (χ4n) is 0.813. The molecule has 0 aromatic carbocycles. The molecule has 0 aromatic rings. The summed E-state index contributed by atoms with van der Waals surface area (Å²) in [5, 5.41) is 0. The van der Waals surface area contributed by atoms with Crippen LogP contribution in [0, 0.1) is 6.67 Å². The Balaban J connectivity index is 2.31. The Morgan fingerprint density at radius 2 is 1.44 bits per heavy atom. The van der Waals surface area contributed by atoms with E-state index in [0.29, 0.717) is 0 Å². The van der Waals surface area contributed by atoms with Gasteiger partial charge in [0, 0.05) is 25.5 Å². The highest BCUT2D eigenvalue weighted by atomic mass is 15.3. The molecule has 2 nitrogen and oxygen atoms in total. The standard InChI is InChI=1S/C7H13N2/c1-3-8-5-6-9(4-2)7-8/h5-7H,3-4H2,1-2H3. The van der Waals surface area contributed by atoms with Crippen LogP contribution in [0.15, 0.2) is 12.4 Å². The van der Waals surface area contributed by atoms with Crippen LogP contribution in [0.5, 0.6) is 0 Å². The zero-order valence-corrected chi connectivity index (χ0v) is 6.04. The highest BCUT2D eigenvalue weighted by molar-refractivity contribution is 4.95. The SMILES string of the molecule is CCN1[CH]N(CC)C=C1. The maximum atomic E-state index is 2.16. The zero-order chi connectivity index (χ0) is 6.69. The van der Waals surface area contributed by atoms with Crippen LogP contribution >= 0.6 is 0 Å². The third kappa shape index (κ3) is 1.37. The largest absolute Gasteiger partial charge is 0.353 e. The summed E-state index contributed by atoms with van der Waals surface area (Å²) in [4.78, 5) is 4.31. The highest BCUT2D eigenvalue weighted by Gasteiger charge is 2.07. The predicted molar refractivity (Wildman–Crippen MR) is 38.2 cm³/mol. The van der Waals surface area contributed by atoms with Crippen molar-refractivity contribution in [3.05, 3.63) is 19.1 Å². The molecule has 0 saturated heterocycles. The molecule has 0 aromatic heterocycles. The molecule has 0 saturated carbocycles. The van der Waals surface area contributed by atoms with Crippen LogP contribution in [0.25, 0.3) is 0 Å². The molecule has 0 amide bonds. The molecule has 0 unspecified atom stereocenters. The molecule has 9 heavy (non-hydrogen) atoms. The maximum absolute atomic E-state index is 2.16. The van der Waals surface area contributed by atoms with E-state index >= 15 is 0 Å². The van der Waals surface area contributed by atoms with Crippen molar-refractivity contribution in [2.45, 2.75) is 13.8 Å². The predicted octanol–water partition coefficient (Wildman–Crippen LogP) is 1.23. The van der Waals surface area contributed by atoms with Gasteiger partial charge >= 0.3 is 0 Å². The van der Waals surface area contributed by atoms with E-state index in [1.165, 1.54) is 0 Å². The van der Waals surface area contributed by atoms with Crippen molar-refractivity contribution in [1.82, 2.24) is 9.80 Å². The Morgan fingerprint density at radius 3 is 1.67 bits per heavy atom. The summed E-state index contributed by atoms with van der Waals surface area (Å²) in [6.45, 7) is 8.51. The van der Waals surface area contributed by atoms with E-state index in [9.17, 15) is 0 Å². The molecule has 1 heterocycles. The number of rotatable bonds is 2. The number of hydrogen-bond acceptors (Lipinski definition) is 2. The van der Waals surface area contributed by atoms with E-state index in [0.717, 1.165) is 13.1 Å². The Kier molecular flexibility index (Phi) is 1.98. The van der Waals surface area contributed by atoms with Gasteiger partial charge < -0.3 is 9.80 Å². The molecule has 0 aliphatic carbocycles. The fraction of sp³-hybridized carbons (Fsp3) is 0.571. The van der Waals surface area contributed by atoms with Crippen molar-refractivity contribution in [1.29, 1.82) is 0 Å². The van der Waals surface area contributed by atoms with E-state index < -0.39 is 0 Å². The molecule has 0 fully saturated rings. The summed E-state index contributed by atoms with van der Waals surface area (Å²) >= 11 is 0. The molecule has 0 bridgehead atoms. The van der Waals surface area contributed by atoms with Gasteiger partial charge in [-0.05, 0) is 13.8 Å². The maximum Gasteiger partial charge on any atom is 0.141 e. The lowest BCUT2D eigenvalue weighted by Crippen LogP contribution is -2.18. The molecule has 1 rings (SSSR count). The van der Waals surface area contributed by atoms with Crippen LogP contribution in [0.4, 0.5) is 0 Å². The first-order valence-corrected chi connectivity index (χ1v) is 3.41.